The first-order chi connectivity index (χ1) is 53.7. The van der Waals surface area contributed by atoms with Crippen LogP contribution in [0.4, 0.5) is 26.9 Å². The van der Waals surface area contributed by atoms with E-state index in [1.807, 2.05) is 80.1 Å². The molecule has 11 aromatic rings. The van der Waals surface area contributed by atoms with E-state index in [1.54, 1.807) is 74.8 Å². The first-order valence-electron chi connectivity index (χ1n) is 34.3. The number of nitrogens with two attached hydrogens (primary N) is 2. The summed E-state index contributed by atoms with van der Waals surface area (Å²) < 4.78 is 25.8. The van der Waals surface area contributed by atoms with Crippen LogP contribution in [0.5, 0.6) is 0 Å². The van der Waals surface area contributed by atoms with Gasteiger partial charge in [0.2, 0.25) is 17.1 Å². The van der Waals surface area contributed by atoms with Crippen LogP contribution in [0.3, 0.4) is 0 Å². The summed E-state index contributed by atoms with van der Waals surface area (Å²) in [5.41, 5.74) is 12.4. The molecule has 9 N–H and O–H groups in total. The molecule has 114 heavy (non-hydrogen) atoms. The molecule has 31 nitrogen and oxygen atoms in total. The number of nitrogens with zero attached hydrogens (tertiary/aromatic N) is 17. The highest BCUT2D eigenvalue weighted by molar-refractivity contribution is 8.24. The van der Waals surface area contributed by atoms with Crippen LogP contribution in [0, 0.1) is 28.6 Å². The number of halogens is 10. The van der Waals surface area contributed by atoms with Crippen molar-refractivity contribution in [2.24, 2.45) is 16.5 Å². The third-order valence-electron chi connectivity index (χ3n) is 14.9. The van der Waals surface area contributed by atoms with Crippen LogP contribution in [0.15, 0.2) is 101 Å². The van der Waals surface area contributed by atoms with E-state index in [1.165, 1.54) is 50.0 Å². The minimum Gasteiger partial charge on any atom is -0.457 e. The van der Waals surface area contributed by atoms with E-state index in [9.17, 15) is 23.7 Å². The van der Waals surface area contributed by atoms with Gasteiger partial charge in [0.25, 0.3) is 0 Å². The van der Waals surface area contributed by atoms with Gasteiger partial charge >= 0.3 is 22.4 Å². The lowest BCUT2D eigenvalue weighted by Crippen LogP contribution is -2.45. The molecular formula is C71H89Cl10N23O8P2. The third-order valence-corrected chi connectivity index (χ3v) is 16.5. The fourth-order valence-electron chi connectivity index (χ4n) is 9.16. The van der Waals surface area contributed by atoms with E-state index in [2.05, 4.69) is 152 Å². The summed E-state index contributed by atoms with van der Waals surface area (Å²) in [6.45, 7) is 26.4. The van der Waals surface area contributed by atoms with E-state index in [4.69, 9.17) is 112 Å². The zero-order valence-electron chi connectivity index (χ0n) is 64.6. The van der Waals surface area contributed by atoms with Crippen LogP contribution < -0.4 is 38.2 Å². The maximum atomic E-state index is 11.9. The number of H-pyrrole nitrogens is 1. The fourth-order valence-corrected chi connectivity index (χ4v) is 10.2. The minimum atomic E-state index is -3.22. The van der Waals surface area contributed by atoms with E-state index >= 15 is 0 Å². The number of carbonyl (C=O) groups excluding carboxylic acids is 3. The molecule has 2 aliphatic heterocycles. The SMILES string of the molecule is CC(C)C(=O)NN.CC(C)c1nc2c3cc(Cl)ccc3[nH]c(=O)n2n1.CC(C)c1nc2c3cc(Cl)ccc3nc(Cl)n2n1.CC(C)c1nc2c3cc(Cl)ccc3nc(N3CCN(C)CC3)n2n1.CCO.CN1CCNCC1.CN=P.COC(=O)Cl.COC(=O)Nc1ccc(Cl)cc1C#N.N#Cc1cc(Cl)ccc1N.O=P(Cl)(Cl)Cl. The average molecular weight is 1810 g/mol. The molecule has 0 atom stereocenters. The number of nitrogen functional groups attached to an aromatic ring is 1. The number of carbonyl (C=O) groups is 3. The minimum absolute atomic E-state index is 0.00926. The number of hydrogen-bond donors (Lipinski definition) is 7. The highest BCUT2D eigenvalue weighted by Crippen LogP contribution is 2.61. The average Bonchev–Trinajstić information content (AvgIpc) is 1.59. The zero-order valence-corrected chi connectivity index (χ0v) is 74.1. The Morgan fingerprint density at radius 3 is 1.44 bits per heavy atom. The largest absolute Gasteiger partial charge is 0.457 e. The molecule has 2 saturated heterocycles. The van der Waals surface area contributed by atoms with Crippen molar-refractivity contribution in [1.29, 1.82) is 10.5 Å². The standard InChI is InChI=1S/C17H21ClN6.C12H10Cl2N4.C12H11ClN4O.C9H7ClN2O2.C7H5ClN2.C5H12N2.C4H10N2O.C2H3ClO2.C2H6O.CH4NP.Cl3OP/c1-11(2)15-20-16-13-10-12(18)4-5-14(13)19-17(24(16)21-15)23-8-6-22(3)7-9-23;1-6(2)10-16-11-8-5-7(13)3-4-9(8)15-12(14)18(11)17-10;1-6(2)10-15-11-8-5-7(13)3-4-9(8)14-12(18)17(11)16-10;1-14-9(13)12-8-3-2-7(10)4-6(8)5-11;8-6-1-2-7(10)5(3-6)4-9;1-7-4-2-6-3-5-7;1-3(2)4(7)6-5;1-5-2(3)4;2*1-2-3;1-5(2,3)4/h4-5,10-11H,6-9H2,1-3H3;3-6H,1-2H3;3-6H,1-2H3,(H,14,18);2-4H,1H3,(H,12,13);1-3H,10H2;6H,2-5H2,1H3;3H,5H2,1-2H3,(H,6,7);1H3;3H,2H2,1H3;3H,1H3;. The van der Waals surface area contributed by atoms with Crippen molar-refractivity contribution in [2.45, 2.75) is 80.1 Å². The lowest BCUT2D eigenvalue weighted by atomic mass is 10.2. The monoisotopic (exact) mass is 1800 g/mol. The van der Waals surface area contributed by atoms with E-state index in [0.717, 1.165) is 89.7 Å². The van der Waals surface area contributed by atoms with Crippen LogP contribution in [0.1, 0.15) is 109 Å². The molecule has 0 unspecified atom stereocenters. The molecule has 6 aromatic heterocycles. The maximum Gasteiger partial charge on any atom is 0.411 e. The number of aliphatic hydroxyl groups excluding tert-OH is 1. The van der Waals surface area contributed by atoms with Crippen LogP contribution in [0.25, 0.3) is 49.7 Å². The van der Waals surface area contributed by atoms with Crippen molar-refractivity contribution in [2.75, 3.05) is 110 Å². The molecule has 43 heteroatoms. The summed E-state index contributed by atoms with van der Waals surface area (Å²) in [5.74, 6) is 8.39. The molecule has 0 saturated carbocycles. The molecule has 2 amide bonds. The molecule has 2 fully saturated rings. The number of nitrogens with one attached hydrogen (secondary N) is 4. The number of benzene rings is 5. The lowest BCUT2D eigenvalue weighted by molar-refractivity contribution is -0.124. The number of aromatic nitrogens is 12. The molecule has 0 aliphatic carbocycles. The normalized spacial score (nSPS) is 12.3. The smallest absolute Gasteiger partial charge is 0.411 e. The number of amides is 2. The number of hydrazine groups is 1. The number of aliphatic hydroxyl groups is 1. The quantitative estimate of drug-likeness (QED) is 0.0155. The van der Waals surface area contributed by atoms with E-state index in [0.29, 0.717) is 75.5 Å². The van der Waals surface area contributed by atoms with Crippen molar-refractivity contribution in [3.8, 4) is 12.1 Å². The molecule has 0 radical (unpaired) electrons. The highest BCUT2D eigenvalue weighted by atomic mass is 36.0. The second-order valence-electron chi connectivity index (χ2n) is 25.0. The van der Waals surface area contributed by atoms with Crippen LogP contribution in [0.2, 0.25) is 30.4 Å². The first-order valence-corrected chi connectivity index (χ1v) is 41.8. The van der Waals surface area contributed by atoms with Gasteiger partial charge in [-0.25, -0.2) is 45.1 Å². The van der Waals surface area contributed by atoms with E-state index in [-0.39, 0.29) is 41.9 Å². The molecule has 8 heterocycles. The lowest BCUT2D eigenvalue weighted by Gasteiger charge is -2.33. The van der Waals surface area contributed by atoms with Crippen molar-refractivity contribution in [3.63, 3.8) is 0 Å². The molecule has 616 valence electrons. The van der Waals surface area contributed by atoms with Gasteiger partial charge in [0, 0.05) is 148 Å². The van der Waals surface area contributed by atoms with Gasteiger partial charge in [-0.1, -0.05) is 113 Å². The highest BCUT2D eigenvalue weighted by Gasteiger charge is 2.23. The Morgan fingerprint density at radius 2 is 1.03 bits per heavy atom. The topological polar surface area (TPSA) is 414 Å². The number of aromatic amines is 1. The third kappa shape index (κ3) is 33.8. The van der Waals surface area contributed by atoms with Gasteiger partial charge in [-0.3, -0.25) is 24.8 Å². The number of piperazine rings is 2. The summed E-state index contributed by atoms with van der Waals surface area (Å²) in [6.07, 6.45) is -0.621. The number of methoxy groups -OCH3 is 2. The number of anilines is 3. The molecule has 0 bridgehead atoms. The van der Waals surface area contributed by atoms with Crippen molar-refractivity contribution >= 4 is 214 Å². The Morgan fingerprint density at radius 1 is 0.632 bits per heavy atom. The van der Waals surface area contributed by atoms with Gasteiger partial charge in [0.15, 0.2) is 34.4 Å². The van der Waals surface area contributed by atoms with Crippen molar-refractivity contribution in [3.05, 3.63) is 160 Å². The molecule has 0 spiro atoms. The Balaban J connectivity index is 0.000000343. The summed E-state index contributed by atoms with van der Waals surface area (Å²) in [4.78, 5) is 74.9. The Kier molecular flexibility index (Phi) is 44.5. The summed E-state index contributed by atoms with van der Waals surface area (Å²) in [7, 11) is 11.2. The summed E-state index contributed by atoms with van der Waals surface area (Å²) >= 11 is 54.0. The van der Waals surface area contributed by atoms with Crippen LogP contribution >= 0.6 is 129 Å². The molecule has 13 rings (SSSR count). The number of hydrogen-bond acceptors (Lipinski definition) is 25. The predicted molar refractivity (Wildman–Crippen MR) is 463 cm³/mol. The summed E-state index contributed by atoms with van der Waals surface area (Å²) in [6, 6.07) is 29.7. The number of nitriles is 2. The predicted octanol–water partition coefficient (Wildman–Crippen LogP) is 16.9. The van der Waals surface area contributed by atoms with Crippen LogP contribution in [-0.4, -0.2) is 185 Å². The Labute approximate surface area is 711 Å². The Hall–Kier alpha value is -7.85. The van der Waals surface area contributed by atoms with Crippen molar-refractivity contribution in [1.82, 2.24) is 79.3 Å². The van der Waals surface area contributed by atoms with Gasteiger partial charge in [-0.05, 0) is 166 Å². The van der Waals surface area contributed by atoms with Gasteiger partial charge in [-0.15, -0.1) is 15.3 Å². The molecular weight excluding hydrogens is 1720 g/mol. The van der Waals surface area contributed by atoms with Gasteiger partial charge < -0.3 is 45.3 Å². The second kappa shape index (κ2) is 50.6. The number of rotatable bonds is 6. The molecule has 2 aliphatic rings. The number of likely N-dealkylation sites (N-methyl/N-ethyl adjacent to an activating group) is 2. The van der Waals surface area contributed by atoms with Gasteiger partial charge in [-0.2, -0.15) is 24.1 Å². The Bertz CT molecular complexity index is 5170. The van der Waals surface area contributed by atoms with Crippen LogP contribution in [-0.2, 0) is 18.8 Å². The van der Waals surface area contributed by atoms with Crippen molar-refractivity contribution < 1.29 is 33.5 Å². The second-order valence-corrected chi connectivity index (χ2v) is 34.9. The number of ether oxygens (including phenoxy) is 2. The fraction of sp³-hybridized carbons (Fsp3) is 0.380. The summed E-state index contributed by atoms with van der Waals surface area (Å²) in [5, 5.41) is 46.3. The first kappa shape index (κ1) is 100. The number of fused-ring (bicyclic) bond motifs is 9. The van der Waals surface area contributed by atoms with Gasteiger partial charge in [0.05, 0.1) is 47.6 Å². The molecule has 5 aromatic carbocycles. The maximum absolute atomic E-state index is 11.9. The zero-order chi connectivity index (χ0) is 85.9. The van der Waals surface area contributed by atoms with Gasteiger partial charge in [0.1, 0.15) is 12.1 Å². The van der Waals surface area contributed by atoms with E-state index < -0.39 is 16.7 Å².